The maximum atomic E-state index is 13.2. The average molecular weight is 513 g/mol. The fourth-order valence-electron chi connectivity index (χ4n) is 4.47. The first-order chi connectivity index (χ1) is 17.7. The van der Waals surface area contributed by atoms with Crippen molar-refractivity contribution in [1.82, 2.24) is 10.3 Å². The zero-order valence-electron chi connectivity index (χ0n) is 21.8. The standard InChI is InChI=1S/C28H36N2O7/c1-17(2)27(33)37-25-18(3)36-28(34)21(30-26(32)23-24(31)22(35-4)14-15-29-23)13-9-8-12-20(25)16-19-10-6-5-7-11-19/h5-7,10-11,14-15,17-18,20-21,25,31H,8-9,12-13,16H2,1-4H3,(H,30,32)/t18-,20+,21-,25-/m0/s1. The van der Waals surface area contributed by atoms with Crippen molar-refractivity contribution in [2.24, 2.45) is 11.8 Å². The van der Waals surface area contributed by atoms with Crippen molar-refractivity contribution in [3.05, 3.63) is 53.9 Å². The Morgan fingerprint density at radius 3 is 2.54 bits per heavy atom. The van der Waals surface area contributed by atoms with Crippen LogP contribution in [0.5, 0.6) is 11.5 Å². The van der Waals surface area contributed by atoms with Gasteiger partial charge in [-0.3, -0.25) is 9.59 Å². The van der Waals surface area contributed by atoms with Crippen LogP contribution in [0.3, 0.4) is 0 Å². The number of esters is 2. The Morgan fingerprint density at radius 2 is 1.86 bits per heavy atom. The molecule has 200 valence electrons. The summed E-state index contributed by atoms with van der Waals surface area (Å²) in [7, 11) is 1.37. The van der Waals surface area contributed by atoms with Crippen LogP contribution >= 0.6 is 0 Å². The molecular formula is C28H36N2O7. The quantitative estimate of drug-likeness (QED) is 0.537. The van der Waals surface area contributed by atoms with Gasteiger partial charge in [-0.05, 0) is 31.7 Å². The summed E-state index contributed by atoms with van der Waals surface area (Å²) in [6.45, 7) is 5.24. The average Bonchev–Trinajstić information content (AvgIpc) is 2.88. The second-order valence-corrected chi connectivity index (χ2v) is 9.67. The van der Waals surface area contributed by atoms with Crippen LogP contribution in [0.25, 0.3) is 0 Å². The van der Waals surface area contributed by atoms with Gasteiger partial charge in [-0.15, -0.1) is 0 Å². The summed E-state index contributed by atoms with van der Waals surface area (Å²) in [5, 5.41) is 12.9. The van der Waals surface area contributed by atoms with E-state index in [-0.39, 0.29) is 29.2 Å². The number of nitrogens with zero attached hydrogens (tertiary/aromatic N) is 1. The third-order valence-electron chi connectivity index (χ3n) is 6.52. The number of pyridine rings is 1. The number of carbonyl (C=O) groups is 3. The lowest BCUT2D eigenvalue weighted by atomic mass is 9.86. The third kappa shape index (κ3) is 7.44. The topological polar surface area (TPSA) is 124 Å². The largest absolute Gasteiger partial charge is 0.503 e. The van der Waals surface area contributed by atoms with Crippen LogP contribution in [0, 0.1) is 11.8 Å². The highest BCUT2D eigenvalue weighted by Gasteiger charge is 2.36. The van der Waals surface area contributed by atoms with Gasteiger partial charge >= 0.3 is 11.9 Å². The molecule has 0 radical (unpaired) electrons. The van der Waals surface area contributed by atoms with Gasteiger partial charge in [0.2, 0.25) is 0 Å². The molecule has 1 aromatic carbocycles. The predicted molar refractivity (Wildman–Crippen MR) is 136 cm³/mol. The van der Waals surface area contributed by atoms with Crippen molar-refractivity contribution in [3.8, 4) is 11.5 Å². The van der Waals surface area contributed by atoms with Gasteiger partial charge in [0, 0.05) is 18.2 Å². The van der Waals surface area contributed by atoms with Gasteiger partial charge in [0.05, 0.1) is 13.0 Å². The van der Waals surface area contributed by atoms with E-state index >= 15 is 0 Å². The molecule has 0 spiro atoms. The van der Waals surface area contributed by atoms with Crippen LogP contribution in [-0.4, -0.2) is 53.3 Å². The summed E-state index contributed by atoms with van der Waals surface area (Å²) < 4.78 is 16.7. The Hall–Kier alpha value is -3.62. The first kappa shape index (κ1) is 28.0. The van der Waals surface area contributed by atoms with Crippen molar-refractivity contribution in [2.75, 3.05) is 7.11 Å². The number of benzene rings is 1. The summed E-state index contributed by atoms with van der Waals surface area (Å²) in [6, 6.07) is 10.4. The monoisotopic (exact) mass is 512 g/mol. The van der Waals surface area contributed by atoms with E-state index in [2.05, 4.69) is 10.3 Å². The molecule has 37 heavy (non-hydrogen) atoms. The van der Waals surface area contributed by atoms with Crippen molar-refractivity contribution < 1.29 is 33.7 Å². The van der Waals surface area contributed by atoms with Crippen LogP contribution in [0.15, 0.2) is 42.6 Å². The molecule has 2 N–H and O–H groups in total. The second-order valence-electron chi connectivity index (χ2n) is 9.67. The van der Waals surface area contributed by atoms with Crippen LogP contribution in [0.1, 0.15) is 62.5 Å². The Bertz CT molecular complexity index is 1070. The number of methoxy groups -OCH3 is 1. The van der Waals surface area contributed by atoms with E-state index < -0.39 is 35.9 Å². The SMILES string of the molecule is COc1ccnc(C(=O)N[C@H]2CCCC[C@H](Cc3ccccc3)[C@@H](OC(=O)C(C)C)[C@H](C)OC2=O)c1O. The third-order valence-corrected chi connectivity index (χ3v) is 6.52. The number of hydrogen-bond donors (Lipinski definition) is 2. The number of cyclic esters (lactones) is 1. The van der Waals surface area contributed by atoms with Gasteiger partial charge in [0.25, 0.3) is 5.91 Å². The molecule has 1 fully saturated rings. The molecule has 4 atom stereocenters. The van der Waals surface area contributed by atoms with E-state index in [1.54, 1.807) is 20.8 Å². The minimum absolute atomic E-state index is 0.0445. The van der Waals surface area contributed by atoms with Crippen molar-refractivity contribution >= 4 is 17.8 Å². The Morgan fingerprint density at radius 1 is 1.16 bits per heavy atom. The van der Waals surface area contributed by atoms with E-state index in [1.807, 2.05) is 30.3 Å². The van der Waals surface area contributed by atoms with Crippen LogP contribution in [0.2, 0.25) is 0 Å². The van der Waals surface area contributed by atoms with Gasteiger partial charge in [-0.1, -0.05) is 57.0 Å². The predicted octanol–water partition coefficient (Wildman–Crippen LogP) is 3.83. The second kappa shape index (κ2) is 13.1. The fourth-order valence-corrected chi connectivity index (χ4v) is 4.47. The van der Waals surface area contributed by atoms with Crippen LogP contribution in [0.4, 0.5) is 0 Å². The number of rotatable bonds is 7. The highest BCUT2D eigenvalue weighted by Crippen LogP contribution is 2.29. The van der Waals surface area contributed by atoms with Gasteiger partial charge in [-0.25, -0.2) is 9.78 Å². The highest BCUT2D eigenvalue weighted by atomic mass is 16.6. The summed E-state index contributed by atoms with van der Waals surface area (Å²) >= 11 is 0. The van der Waals surface area contributed by atoms with Crippen molar-refractivity contribution in [3.63, 3.8) is 0 Å². The molecule has 2 aromatic rings. The van der Waals surface area contributed by atoms with Gasteiger partial charge in [0.1, 0.15) is 18.2 Å². The Kier molecular flexibility index (Phi) is 9.88. The Labute approximate surface area is 217 Å². The first-order valence-corrected chi connectivity index (χ1v) is 12.7. The van der Waals surface area contributed by atoms with Crippen molar-refractivity contribution in [2.45, 2.75) is 71.1 Å². The molecule has 3 rings (SSSR count). The molecule has 0 saturated carbocycles. The number of amides is 1. The minimum Gasteiger partial charge on any atom is -0.503 e. The molecule has 1 saturated heterocycles. The fraction of sp³-hybridized carbons (Fsp3) is 0.500. The highest BCUT2D eigenvalue weighted by molar-refractivity contribution is 5.97. The van der Waals surface area contributed by atoms with E-state index in [0.29, 0.717) is 19.3 Å². The minimum atomic E-state index is -0.950. The molecule has 0 unspecified atom stereocenters. The molecule has 1 aliphatic heterocycles. The zero-order chi connectivity index (χ0) is 26.9. The van der Waals surface area contributed by atoms with E-state index in [1.165, 1.54) is 19.4 Å². The molecule has 0 aliphatic carbocycles. The molecule has 9 heteroatoms. The lowest BCUT2D eigenvalue weighted by Gasteiger charge is -2.34. The smallest absolute Gasteiger partial charge is 0.329 e. The number of carbonyl (C=O) groups excluding carboxylic acids is 3. The van der Waals surface area contributed by atoms with Gasteiger partial charge in [-0.2, -0.15) is 0 Å². The summed E-state index contributed by atoms with van der Waals surface area (Å²) in [6.07, 6.45) is 3.16. The molecule has 0 bridgehead atoms. The molecule has 1 aliphatic rings. The molecule has 9 nitrogen and oxygen atoms in total. The number of aromatic hydroxyl groups is 1. The summed E-state index contributed by atoms with van der Waals surface area (Å²) in [5.74, 6) is -2.38. The van der Waals surface area contributed by atoms with E-state index in [9.17, 15) is 19.5 Å². The molecular weight excluding hydrogens is 476 g/mol. The lowest BCUT2D eigenvalue weighted by molar-refractivity contribution is -0.175. The zero-order valence-corrected chi connectivity index (χ0v) is 21.8. The molecule has 1 amide bonds. The summed E-state index contributed by atoms with van der Waals surface area (Å²) in [5.41, 5.74) is 0.869. The number of nitrogens with one attached hydrogen (secondary N) is 1. The Balaban J connectivity index is 1.80. The maximum Gasteiger partial charge on any atom is 0.329 e. The maximum absolute atomic E-state index is 13.2. The molecule has 2 heterocycles. The van der Waals surface area contributed by atoms with Gasteiger partial charge in [0.15, 0.2) is 17.2 Å². The number of aromatic nitrogens is 1. The number of ether oxygens (including phenoxy) is 3. The first-order valence-electron chi connectivity index (χ1n) is 12.7. The van der Waals surface area contributed by atoms with Gasteiger partial charge < -0.3 is 24.6 Å². The number of hydrogen-bond acceptors (Lipinski definition) is 8. The normalized spacial score (nSPS) is 22.6. The van der Waals surface area contributed by atoms with E-state index in [0.717, 1.165) is 18.4 Å². The van der Waals surface area contributed by atoms with Crippen LogP contribution in [-0.2, 0) is 25.5 Å². The van der Waals surface area contributed by atoms with E-state index in [4.69, 9.17) is 14.2 Å². The molecule has 1 aromatic heterocycles. The van der Waals surface area contributed by atoms with Crippen LogP contribution < -0.4 is 10.1 Å². The summed E-state index contributed by atoms with van der Waals surface area (Å²) in [4.78, 5) is 42.5. The lowest BCUT2D eigenvalue weighted by Crippen LogP contribution is -2.47. The van der Waals surface area contributed by atoms with Crippen molar-refractivity contribution in [1.29, 1.82) is 0 Å².